The lowest BCUT2D eigenvalue weighted by atomic mass is 10.1. The van der Waals surface area contributed by atoms with Gasteiger partial charge in [0.15, 0.2) is 0 Å². The van der Waals surface area contributed by atoms with Gasteiger partial charge in [0.2, 0.25) is 0 Å². The number of amides is 1. The van der Waals surface area contributed by atoms with Gasteiger partial charge in [-0.1, -0.05) is 0 Å². The predicted molar refractivity (Wildman–Crippen MR) is 70.3 cm³/mol. The van der Waals surface area contributed by atoms with Gasteiger partial charge >= 0.3 is 0 Å². The summed E-state index contributed by atoms with van der Waals surface area (Å²) in [5.74, 6) is 0.402. The molecular formula is C12H21N5O. The predicted octanol–water partition coefficient (Wildman–Crippen LogP) is -0.00778. The molecule has 1 fully saturated rings. The van der Waals surface area contributed by atoms with E-state index in [-0.39, 0.29) is 5.91 Å². The molecule has 1 aromatic heterocycles. The minimum atomic E-state index is -0.134. The number of likely N-dealkylation sites (tertiary alicyclic amines) is 1. The Bertz CT molecular complexity index is 454. The topological polar surface area (TPSA) is 76.2 Å². The molecule has 2 rings (SSSR count). The van der Waals surface area contributed by atoms with E-state index in [9.17, 15) is 4.79 Å². The number of nitrogens with one attached hydrogen (secondary N) is 1. The highest BCUT2D eigenvalue weighted by Gasteiger charge is 2.22. The molecule has 6 heteroatoms. The van der Waals surface area contributed by atoms with Gasteiger partial charge in [-0.15, -0.1) is 0 Å². The Hall–Kier alpha value is -1.56. The van der Waals surface area contributed by atoms with Crippen molar-refractivity contribution in [3.05, 3.63) is 11.4 Å². The van der Waals surface area contributed by atoms with Gasteiger partial charge in [-0.05, 0) is 32.9 Å². The summed E-state index contributed by atoms with van der Waals surface area (Å²) in [6, 6.07) is 0. The zero-order chi connectivity index (χ0) is 13.3. The number of nitrogens with two attached hydrogens (primary N) is 1. The van der Waals surface area contributed by atoms with E-state index in [1.807, 2.05) is 0 Å². The summed E-state index contributed by atoms with van der Waals surface area (Å²) in [6.07, 6.45) is 1.14. The van der Waals surface area contributed by atoms with Crippen molar-refractivity contribution in [1.29, 1.82) is 0 Å². The van der Waals surface area contributed by atoms with Crippen LogP contribution in [0.15, 0.2) is 0 Å². The van der Waals surface area contributed by atoms with Crippen LogP contribution >= 0.6 is 0 Å². The summed E-state index contributed by atoms with van der Waals surface area (Å²) in [4.78, 5) is 14.3. The average Bonchev–Trinajstić information content (AvgIpc) is 2.82. The molecule has 1 aliphatic heterocycles. The summed E-state index contributed by atoms with van der Waals surface area (Å²) in [6.45, 7) is 4.65. The number of aromatic nitrogens is 2. The van der Waals surface area contributed by atoms with Crippen LogP contribution in [0.25, 0.3) is 0 Å². The number of hydrogen-bond acceptors (Lipinski definition) is 4. The van der Waals surface area contributed by atoms with Crippen molar-refractivity contribution in [1.82, 2.24) is 20.0 Å². The van der Waals surface area contributed by atoms with Crippen molar-refractivity contribution in [2.45, 2.75) is 13.3 Å². The van der Waals surface area contributed by atoms with E-state index in [0.29, 0.717) is 29.5 Å². The maximum absolute atomic E-state index is 12.1. The summed E-state index contributed by atoms with van der Waals surface area (Å²) >= 11 is 0. The molecule has 0 aliphatic carbocycles. The molecule has 1 amide bonds. The van der Waals surface area contributed by atoms with Crippen molar-refractivity contribution >= 4 is 11.6 Å². The van der Waals surface area contributed by atoms with Gasteiger partial charge in [-0.3, -0.25) is 9.48 Å². The zero-order valence-corrected chi connectivity index (χ0v) is 11.2. The van der Waals surface area contributed by atoms with E-state index < -0.39 is 0 Å². The standard InChI is InChI=1S/C12H21N5O/c1-8-10(13)11(17(3)15-8)12(18)14-6-9-4-5-16(2)7-9/h9H,4-7,13H2,1-3H3,(H,14,18). The smallest absolute Gasteiger partial charge is 0.271 e. The highest BCUT2D eigenvalue weighted by Crippen LogP contribution is 2.16. The van der Waals surface area contributed by atoms with Gasteiger partial charge in [0, 0.05) is 20.1 Å². The number of nitrogen functional groups attached to an aromatic ring is 1. The quantitative estimate of drug-likeness (QED) is 0.792. The average molecular weight is 251 g/mol. The number of anilines is 1. The largest absolute Gasteiger partial charge is 0.395 e. The SMILES string of the molecule is Cc1nn(C)c(C(=O)NCC2CCN(C)C2)c1N. The van der Waals surface area contributed by atoms with Crippen LogP contribution in [0.2, 0.25) is 0 Å². The molecule has 6 nitrogen and oxygen atoms in total. The second-order valence-electron chi connectivity index (χ2n) is 5.10. The second kappa shape index (κ2) is 4.97. The molecule has 3 N–H and O–H groups in total. The third kappa shape index (κ3) is 2.48. The van der Waals surface area contributed by atoms with E-state index in [1.165, 1.54) is 0 Å². The molecule has 1 unspecified atom stereocenters. The Balaban J connectivity index is 1.95. The Morgan fingerprint density at radius 1 is 1.56 bits per heavy atom. The lowest BCUT2D eigenvalue weighted by molar-refractivity contribution is 0.0939. The summed E-state index contributed by atoms with van der Waals surface area (Å²) in [5, 5.41) is 7.10. The summed E-state index contributed by atoms with van der Waals surface area (Å²) in [7, 11) is 3.84. The zero-order valence-electron chi connectivity index (χ0n) is 11.2. The van der Waals surface area contributed by atoms with E-state index in [4.69, 9.17) is 5.73 Å². The molecule has 0 spiro atoms. The minimum absolute atomic E-state index is 0.134. The van der Waals surface area contributed by atoms with E-state index in [1.54, 1.807) is 18.7 Å². The first-order valence-electron chi connectivity index (χ1n) is 6.25. The molecule has 0 aromatic carbocycles. The van der Waals surface area contributed by atoms with E-state index in [0.717, 1.165) is 19.5 Å². The van der Waals surface area contributed by atoms with Crippen LogP contribution in [0.1, 0.15) is 22.6 Å². The van der Waals surface area contributed by atoms with Crippen molar-refractivity contribution in [3.63, 3.8) is 0 Å². The molecule has 2 heterocycles. The van der Waals surface area contributed by atoms with Gasteiger partial charge in [-0.2, -0.15) is 5.10 Å². The number of aryl methyl sites for hydroxylation is 2. The van der Waals surface area contributed by atoms with Crippen LogP contribution in [0, 0.1) is 12.8 Å². The molecule has 1 aromatic rings. The number of carbonyl (C=O) groups excluding carboxylic acids is 1. The first-order chi connectivity index (χ1) is 8.49. The third-order valence-electron chi connectivity index (χ3n) is 3.52. The second-order valence-corrected chi connectivity index (χ2v) is 5.10. The number of rotatable bonds is 3. The molecule has 0 radical (unpaired) electrons. The maximum Gasteiger partial charge on any atom is 0.271 e. The minimum Gasteiger partial charge on any atom is -0.395 e. The fraction of sp³-hybridized carbons (Fsp3) is 0.667. The van der Waals surface area contributed by atoms with Crippen molar-refractivity contribution in [2.75, 3.05) is 32.4 Å². The Morgan fingerprint density at radius 3 is 2.78 bits per heavy atom. The highest BCUT2D eigenvalue weighted by molar-refractivity contribution is 5.97. The molecule has 0 saturated carbocycles. The van der Waals surface area contributed by atoms with Crippen LogP contribution in [-0.4, -0.2) is 47.3 Å². The van der Waals surface area contributed by atoms with Crippen LogP contribution < -0.4 is 11.1 Å². The van der Waals surface area contributed by atoms with Gasteiger partial charge in [0.05, 0.1) is 11.4 Å². The Kier molecular flexibility index (Phi) is 3.56. The van der Waals surface area contributed by atoms with E-state index in [2.05, 4.69) is 22.4 Å². The maximum atomic E-state index is 12.1. The molecule has 1 aliphatic rings. The molecule has 100 valence electrons. The number of carbonyl (C=O) groups is 1. The van der Waals surface area contributed by atoms with Gasteiger partial charge in [-0.25, -0.2) is 0 Å². The third-order valence-corrected chi connectivity index (χ3v) is 3.52. The highest BCUT2D eigenvalue weighted by atomic mass is 16.2. The van der Waals surface area contributed by atoms with Crippen molar-refractivity contribution in [2.24, 2.45) is 13.0 Å². The molecular weight excluding hydrogens is 230 g/mol. The fourth-order valence-corrected chi connectivity index (χ4v) is 2.46. The monoisotopic (exact) mass is 251 g/mol. The lowest BCUT2D eigenvalue weighted by Gasteiger charge is -2.12. The summed E-state index contributed by atoms with van der Waals surface area (Å²) < 4.78 is 1.54. The summed E-state index contributed by atoms with van der Waals surface area (Å²) in [5.41, 5.74) is 7.48. The van der Waals surface area contributed by atoms with Crippen molar-refractivity contribution < 1.29 is 4.79 Å². The molecule has 1 atom stereocenters. The lowest BCUT2D eigenvalue weighted by Crippen LogP contribution is -2.32. The fourth-order valence-electron chi connectivity index (χ4n) is 2.46. The van der Waals surface area contributed by atoms with Gasteiger partial charge in [0.25, 0.3) is 5.91 Å². The molecule has 18 heavy (non-hydrogen) atoms. The van der Waals surface area contributed by atoms with Crippen LogP contribution in [0.5, 0.6) is 0 Å². The number of nitrogens with zero attached hydrogens (tertiary/aromatic N) is 3. The van der Waals surface area contributed by atoms with Crippen LogP contribution in [0.4, 0.5) is 5.69 Å². The van der Waals surface area contributed by atoms with Crippen LogP contribution in [0.3, 0.4) is 0 Å². The Morgan fingerprint density at radius 2 is 2.28 bits per heavy atom. The normalized spacial score (nSPS) is 20.3. The molecule has 1 saturated heterocycles. The van der Waals surface area contributed by atoms with Gasteiger partial charge in [0.1, 0.15) is 5.69 Å². The first kappa shape index (κ1) is 12.9. The van der Waals surface area contributed by atoms with Gasteiger partial charge < -0.3 is 16.0 Å². The molecule has 0 bridgehead atoms. The van der Waals surface area contributed by atoms with E-state index >= 15 is 0 Å². The first-order valence-corrected chi connectivity index (χ1v) is 6.25. The van der Waals surface area contributed by atoms with Crippen LogP contribution in [-0.2, 0) is 7.05 Å². The Labute approximate surface area is 107 Å². The number of hydrogen-bond donors (Lipinski definition) is 2. The van der Waals surface area contributed by atoms with Crippen molar-refractivity contribution in [3.8, 4) is 0 Å².